The van der Waals surface area contributed by atoms with E-state index in [0.29, 0.717) is 0 Å². The predicted octanol–water partition coefficient (Wildman–Crippen LogP) is 3.63. The van der Waals surface area contributed by atoms with Gasteiger partial charge in [0.25, 0.3) is 0 Å². The summed E-state index contributed by atoms with van der Waals surface area (Å²) in [5, 5.41) is 9.96. The third-order valence-corrected chi connectivity index (χ3v) is 8.74. The molecule has 2 atom stereocenters. The van der Waals surface area contributed by atoms with Crippen LogP contribution in [0.15, 0.2) is 0 Å². The number of fused-ring (bicyclic) bond motifs is 1. The minimum atomic E-state index is -0.459. The number of carbonyl (C=O) groups is 1. The van der Waals surface area contributed by atoms with Gasteiger partial charge in [0.15, 0.2) is 6.19 Å². The highest BCUT2D eigenvalue weighted by Crippen LogP contribution is 2.85. The van der Waals surface area contributed by atoms with Crippen LogP contribution in [0.25, 0.3) is 0 Å². The molecule has 1 saturated carbocycles. The van der Waals surface area contributed by atoms with Gasteiger partial charge in [-0.2, -0.15) is 5.26 Å². The summed E-state index contributed by atoms with van der Waals surface area (Å²) in [6.45, 7) is 21.6. The molecule has 0 radical (unpaired) electrons. The Morgan fingerprint density at radius 2 is 1.35 bits per heavy atom. The summed E-state index contributed by atoms with van der Waals surface area (Å²) in [6.07, 6.45) is 2.46. The molecule has 4 nitrogen and oxygen atoms in total. The fraction of sp³-hybridized carbons (Fsp3) is 0.895. The Labute approximate surface area is 141 Å². The molecule has 0 aromatic heterocycles. The summed E-state index contributed by atoms with van der Waals surface area (Å²) in [5.41, 5.74) is -1.64. The van der Waals surface area contributed by atoms with Crippen LogP contribution in [0.3, 0.4) is 0 Å². The van der Waals surface area contributed by atoms with E-state index in [4.69, 9.17) is 0 Å². The van der Waals surface area contributed by atoms with Crippen molar-refractivity contribution >= 4 is 5.91 Å². The maximum atomic E-state index is 12.5. The van der Waals surface area contributed by atoms with E-state index in [2.05, 4.69) is 68.5 Å². The second kappa shape index (κ2) is 4.05. The Morgan fingerprint density at radius 1 is 0.913 bits per heavy atom. The van der Waals surface area contributed by atoms with Crippen molar-refractivity contribution < 1.29 is 4.79 Å². The number of carbonyl (C=O) groups excluding carboxylic acids is 1. The van der Waals surface area contributed by atoms with Crippen molar-refractivity contribution in [3.05, 3.63) is 0 Å². The summed E-state index contributed by atoms with van der Waals surface area (Å²) in [7, 11) is 1.91. The van der Waals surface area contributed by atoms with Gasteiger partial charge in [0.1, 0.15) is 0 Å². The van der Waals surface area contributed by atoms with Gasteiger partial charge in [0, 0.05) is 19.4 Å². The summed E-state index contributed by atoms with van der Waals surface area (Å²) in [6, 6.07) is 0. The normalized spacial score (nSPS) is 38.3. The van der Waals surface area contributed by atoms with Gasteiger partial charge in [-0.05, 0) is 38.5 Å². The first-order valence-electron chi connectivity index (χ1n) is 8.49. The lowest BCUT2D eigenvalue weighted by atomic mass is 9.25. The lowest BCUT2D eigenvalue weighted by Crippen LogP contribution is -2.89. The average Bonchev–Trinajstić information content (AvgIpc) is 2.47. The van der Waals surface area contributed by atoms with Crippen LogP contribution < -0.4 is 0 Å². The third-order valence-electron chi connectivity index (χ3n) is 8.74. The van der Waals surface area contributed by atoms with E-state index in [0.717, 1.165) is 0 Å². The zero-order valence-electron chi connectivity index (χ0n) is 16.7. The largest absolute Gasteiger partial charge is 0.337 e. The number of hydrogen-bond acceptors (Lipinski definition) is 3. The van der Waals surface area contributed by atoms with Crippen LogP contribution in [0.5, 0.6) is 0 Å². The molecule has 1 amide bonds. The lowest BCUT2D eigenvalue weighted by molar-refractivity contribution is -0.313. The Bertz CT molecular complexity index is 611. The second-order valence-electron chi connectivity index (χ2n) is 9.72. The number of amides is 1. The van der Waals surface area contributed by atoms with Gasteiger partial charge in [0.2, 0.25) is 5.91 Å². The standard InChI is InChI=1S/C19H33N3O/c1-13(23)21(11)19-15(4,5)14(2,3)18(19,10)16(6,7)22(12-20)17(19,8)9/h1-11H3/t18-,19-/m0/s1. The van der Waals surface area contributed by atoms with Gasteiger partial charge < -0.3 is 4.90 Å². The zero-order chi connectivity index (χ0) is 18.4. The van der Waals surface area contributed by atoms with Gasteiger partial charge in [0.05, 0.1) is 16.6 Å². The average molecular weight is 319 g/mol. The van der Waals surface area contributed by atoms with Crippen molar-refractivity contribution in [3.63, 3.8) is 0 Å². The van der Waals surface area contributed by atoms with Crippen LogP contribution in [-0.2, 0) is 4.79 Å². The van der Waals surface area contributed by atoms with Crippen molar-refractivity contribution in [2.45, 2.75) is 85.9 Å². The van der Waals surface area contributed by atoms with Crippen LogP contribution in [0, 0.1) is 27.7 Å². The van der Waals surface area contributed by atoms with Gasteiger partial charge in [-0.15, -0.1) is 0 Å². The Hall–Kier alpha value is -1.24. The fourth-order valence-electron chi connectivity index (χ4n) is 7.41. The smallest absolute Gasteiger partial charge is 0.219 e. The number of hydrogen-bond donors (Lipinski definition) is 0. The molecule has 130 valence electrons. The second-order valence-corrected chi connectivity index (χ2v) is 9.72. The van der Waals surface area contributed by atoms with Crippen LogP contribution in [0.4, 0.5) is 0 Å². The van der Waals surface area contributed by atoms with Gasteiger partial charge >= 0.3 is 0 Å². The molecule has 0 aromatic rings. The van der Waals surface area contributed by atoms with Gasteiger partial charge in [-0.1, -0.05) is 34.6 Å². The quantitative estimate of drug-likeness (QED) is 0.693. The molecule has 1 saturated heterocycles. The van der Waals surface area contributed by atoms with Crippen LogP contribution >= 0.6 is 0 Å². The van der Waals surface area contributed by atoms with Crippen molar-refractivity contribution in [2.24, 2.45) is 16.2 Å². The van der Waals surface area contributed by atoms with E-state index in [1.54, 1.807) is 6.92 Å². The SMILES string of the molecule is CC(=O)N(C)[C@@]12C(C)(C)N(C#N)C(C)(C)[C@]1(C)C(C)(C)C2(C)C. The molecule has 1 heterocycles. The zero-order valence-corrected chi connectivity index (χ0v) is 16.7. The lowest BCUT2D eigenvalue weighted by Gasteiger charge is -2.81. The third kappa shape index (κ3) is 1.24. The molecule has 0 bridgehead atoms. The molecular formula is C19H33N3O. The molecule has 23 heavy (non-hydrogen) atoms. The molecule has 0 spiro atoms. The first-order chi connectivity index (χ1) is 10.0. The van der Waals surface area contributed by atoms with E-state index < -0.39 is 11.1 Å². The Morgan fingerprint density at radius 3 is 1.70 bits per heavy atom. The molecule has 2 aliphatic rings. The van der Waals surface area contributed by atoms with Crippen LogP contribution in [-0.4, -0.2) is 39.4 Å². The monoisotopic (exact) mass is 319 g/mol. The number of likely N-dealkylation sites (N-methyl/N-ethyl adjacent to an activating group) is 1. The number of nitrogens with zero attached hydrogens (tertiary/aromatic N) is 3. The number of nitriles is 1. The molecule has 1 aliphatic carbocycles. The molecule has 0 N–H and O–H groups in total. The summed E-state index contributed by atoms with van der Waals surface area (Å²) < 4.78 is 0. The highest BCUT2D eigenvalue weighted by molar-refractivity contribution is 5.76. The minimum absolute atomic E-state index is 0.0317. The molecule has 0 unspecified atom stereocenters. The number of rotatable bonds is 1. The van der Waals surface area contributed by atoms with Crippen molar-refractivity contribution in [1.82, 2.24) is 9.80 Å². The van der Waals surface area contributed by atoms with Crippen molar-refractivity contribution in [1.29, 1.82) is 5.26 Å². The summed E-state index contributed by atoms with van der Waals surface area (Å²) in [5.74, 6) is 0.0588. The van der Waals surface area contributed by atoms with Gasteiger partial charge in [-0.25, -0.2) is 0 Å². The Kier molecular flexibility index (Phi) is 3.18. The first kappa shape index (κ1) is 18.1. The molecular weight excluding hydrogens is 286 g/mol. The molecule has 2 rings (SSSR count). The molecule has 1 aliphatic heterocycles. The molecule has 2 fully saturated rings. The number of likely N-dealkylation sites (tertiary alicyclic amines) is 1. The van der Waals surface area contributed by atoms with E-state index in [-0.39, 0.29) is 27.7 Å². The highest BCUT2D eigenvalue weighted by atomic mass is 16.2. The van der Waals surface area contributed by atoms with Crippen molar-refractivity contribution in [2.75, 3.05) is 7.05 Å². The van der Waals surface area contributed by atoms with Crippen LogP contribution in [0.1, 0.15) is 69.2 Å². The first-order valence-corrected chi connectivity index (χ1v) is 8.49. The Balaban J connectivity index is 2.98. The highest BCUT2D eigenvalue weighted by Gasteiger charge is 2.92. The van der Waals surface area contributed by atoms with E-state index in [9.17, 15) is 10.1 Å². The van der Waals surface area contributed by atoms with E-state index in [1.165, 1.54) is 0 Å². The van der Waals surface area contributed by atoms with E-state index >= 15 is 0 Å². The van der Waals surface area contributed by atoms with Gasteiger partial charge in [-0.3, -0.25) is 9.69 Å². The molecule has 4 heteroatoms. The van der Waals surface area contributed by atoms with Crippen molar-refractivity contribution in [3.8, 4) is 6.19 Å². The fourth-order valence-corrected chi connectivity index (χ4v) is 7.41. The minimum Gasteiger partial charge on any atom is -0.337 e. The molecule has 0 aromatic carbocycles. The summed E-state index contributed by atoms with van der Waals surface area (Å²) >= 11 is 0. The topological polar surface area (TPSA) is 47.3 Å². The predicted molar refractivity (Wildman–Crippen MR) is 92.5 cm³/mol. The summed E-state index contributed by atoms with van der Waals surface area (Å²) in [4.78, 5) is 16.3. The maximum Gasteiger partial charge on any atom is 0.219 e. The maximum absolute atomic E-state index is 12.5. The van der Waals surface area contributed by atoms with Crippen LogP contribution in [0.2, 0.25) is 0 Å². The van der Waals surface area contributed by atoms with E-state index in [1.807, 2.05) is 16.8 Å².